The molecule has 0 spiro atoms. The molecule has 1 aromatic heterocycles. The van der Waals surface area contributed by atoms with Crippen LogP contribution in [-0.4, -0.2) is 14.3 Å². The second-order valence-electron chi connectivity index (χ2n) is 9.93. The quantitative estimate of drug-likeness (QED) is 0.387. The number of anilines is 1. The number of nitrogens with one attached hydrogen (secondary N) is 1. The van der Waals surface area contributed by atoms with E-state index in [1.807, 2.05) is 41.1 Å². The maximum absolute atomic E-state index is 6.35. The van der Waals surface area contributed by atoms with Gasteiger partial charge in [-0.05, 0) is 105 Å². The summed E-state index contributed by atoms with van der Waals surface area (Å²) in [5, 5.41) is 10.0. The van der Waals surface area contributed by atoms with Crippen LogP contribution in [0.15, 0.2) is 48.5 Å². The van der Waals surface area contributed by atoms with Crippen molar-refractivity contribution in [1.82, 2.24) is 14.3 Å². The second kappa shape index (κ2) is 7.89. The standard InChI is InChI=1S/C25H26Cl2N4S/c26-19-5-7-20(8-6-19)31-23(25-12-16-9-17(13-25)11-18(10-16)14-25)29-30(24(31)32)15-28-22-4-2-1-3-21(22)27/h1-8,16-18,28H,9-15H2. The average molecular weight is 485 g/mol. The molecule has 7 rings (SSSR count). The maximum atomic E-state index is 6.35. The smallest absolute Gasteiger partial charge is 0.204 e. The van der Waals surface area contributed by atoms with Gasteiger partial charge < -0.3 is 5.32 Å². The molecule has 32 heavy (non-hydrogen) atoms. The van der Waals surface area contributed by atoms with Crippen LogP contribution in [0.25, 0.3) is 5.69 Å². The van der Waals surface area contributed by atoms with Gasteiger partial charge in [-0.2, -0.15) is 5.10 Å². The van der Waals surface area contributed by atoms with Crippen LogP contribution in [-0.2, 0) is 12.1 Å². The van der Waals surface area contributed by atoms with Crippen LogP contribution in [0.4, 0.5) is 5.69 Å². The highest BCUT2D eigenvalue weighted by molar-refractivity contribution is 7.71. The van der Waals surface area contributed by atoms with Gasteiger partial charge in [-0.3, -0.25) is 4.57 Å². The van der Waals surface area contributed by atoms with Gasteiger partial charge in [-0.15, -0.1) is 0 Å². The summed E-state index contributed by atoms with van der Waals surface area (Å²) in [6, 6.07) is 15.7. The van der Waals surface area contributed by atoms with Crippen LogP contribution in [0, 0.1) is 22.5 Å². The van der Waals surface area contributed by atoms with Crippen LogP contribution < -0.4 is 5.32 Å². The Kier molecular flexibility index (Phi) is 5.12. The minimum Gasteiger partial charge on any atom is -0.365 e. The molecule has 1 heterocycles. The highest BCUT2D eigenvalue weighted by Gasteiger charge is 2.54. The Bertz CT molecular complexity index is 1180. The number of para-hydroxylation sites is 1. The van der Waals surface area contributed by atoms with Gasteiger partial charge in [0.15, 0.2) is 0 Å². The van der Waals surface area contributed by atoms with Gasteiger partial charge in [0, 0.05) is 16.1 Å². The lowest BCUT2D eigenvalue weighted by Crippen LogP contribution is -2.49. The summed E-state index contributed by atoms with van der Waals surface area (Å²) >= 11 is 18.5. The Hall–Kier alpha value is -1.82. The molecule has 4 aliphatic rings. The van der Waals surface area contributed by atoms with Gasteiger partial charge in [0.1, 0.15) is 12.5 Å². The fourth-order valence-corrected chi connectivity index (χ4v) is 7.45. The summed E-state index contributed by atoms with van der Waals surface area (Å²) in [7, 11) is 0. The molecule has 4 fully saturated rings. The lowest BCUT2D eigenvalue weighted by molar-refractivity contribution is -0.0104. The minimum atomic E-state index is 0.123. The lowest BCUT2D eigenvalue weighted by atomic mass is 9.49. The first-order valence-corrected chi connectivity index (χ1v) is 12.6. The highest BCUT2D eigenvalue weighted by atomic mass is 35.5. The number of halogens is 2. The van der Waals surface area contributed by atoms with E-state index in [4.69, 9.17) is 40.5 Å². The van der Waals surface area contributed by atoms with E-state index in [-0.39, 0.29) is 5.41 Å². The van der Waals surface area contributed by atoms with Gasteiger partial charge in [0.25, 0.3) is 0 Å². The van der Waals surface area contributed by atoms with Crippen LogP contribution in [0.2, 0.25) is 10.0 Å². The zero-order valence-corrected chi connectivity index (χ0v) is 20.1. The summed E-state index contributed by atoms with van der Waals surface area (Å²) in [6.45, 7) is 0.475. The van der Waals surface area contributed by atoms with Crippen molar-refractivity contribution in [2.45, 2.75) is 50.6 Å². The maximum Gasteiger partial charge on any atom is 0.204 e. The molecule has 3 aromatic rings. The molecule has 0 amide bonds. The summed E-state index contributed by atoms with van der Waals surface area (Å²) in [6.07, 6.45) is 7.89. The van der Waals surface area contributed by atoms with E-state index in [1.54, 1.807) is 0 Å². The van der Waals surface area contributed by atoms with Crippen molar-refractivity contribution in [1.29, 1.82) is 0 Å². The second-order valence-corrected chi connectivity index (χ2v) is 11.1. The molecule has 0 saturated heterocycles. The van der Waals surface area contributed by atoms with E-state index < -0.39 is 0 Å². The SMILES string of the molecule is S=c1n(CNc2ccccc2Cl)nc(C23CC4CC(CC(C4)C2)C3)n1-c1ccc(Cl)cc1. The van der Waals surface area contributed by atoms with E-state index in [0.717, 1.165) is 40.0 Å². The van der Waals surface area contributed by atoms with Crippen molar-refractivity contribution in [2.75, 3.05) is 5.32 Å². The van der Waals surface area contributed by atoms with Gasteiger partial charge in [0.05, 0.1) is 10.7 Å². The Morgan fingerprint density at radius 2 is 1.56 bits per heavy atom. The van der Waals surface area contributed by atoms with E-state index in [1.165, 1.54) is 38.5 Å². The molecular formula is C25H26Cl2N4S. The van der Waals surface area contributed by atoms with Crippen molar-refractivity contribution >= 4 is 41.1 Å². The zero-order chi connectivity index (χ0) is 21.9. The van der Waals surface area contributed by atoms with Crippen LogP contribution in [0.5, 0.6) is 0 Å². The third kappa shape index (κ3) is 3.49. The van der Waals surface area contributed by atoms with Crippen LogP contribution in [0.3, 0.4) is 0 Å². The first-order chi connectivity index (χ1) is 15.5. The predicted molar refractivity (Wildman–Crippen MR) is 132 cm³/mol. The fourth-order valence-electron chi connectivity index (χ4n) is 6.83. The molecule has 4 bridgehead atoms. The largest absolute Gasteiger partial charge is 0.365 e. The molecule has 4 nitrogen and oxygen atoms in total. The first-order valence-electron chi connectivity index (χ1n) is 11.5. The Balaban J connectivity index is 1.43. The van der Waals surface area contributed by atoms with Crippen molar-refractivity contribution in [3.63, 3.8) is 0 Å². The molecule has 4 aliphatic carbocycles. The van der Waals surface area contributed by atoms with Gasteiger partial charge in [0.2, 0.25) is 4.77 Å². The molecule has 0 unspecified atom stereocenters. The normalized spacial score (nSPS) is 28.2. The van der Waals surface area contributed by atoms with Crippen molar-refractivity contribution in [2.24, 2.45) is 17.8 Å². The van der Waals surface area contributed by atoms with E-state index in [2.05, 4.69) is 22.0 Å². The summed E-state index contributed by atoms with van der Waals surface area (Å²) in [5.74, 6) is 3.63. The summed E-state index contributed by atoms with van der Waals surface area (Å²) in [4.78, 5) is 0. The third-order valence-electron chi connectivity index (χ3n) is 7.73. The number of hydrogen-bond donors (Lipinski definition) is 1. The molecule has 0 atom stereocenters. The number of aromatic nitrogens is 3. The fraction of sp³-hybridized carbons (Fsp3) is 0.440. The Morgan fingerprint density at radius 3 is 2.19 bits per heavy atom. The van der Waals surface area contributed by atoms with Crippen molar-refractivity contribution in [3.8, 4) is 5.69 Å². The van der Waals surface area contributed by atoms with E-state index in [0.29, 0.717) is 16.5 Å². The molecule has 166 valence electrons. The summed E-state index contributed by atoms with van der Waals surface area (Å²) in [5.41, 5.74) is 2.04. The zero-order valence-electron chi connectivity index (χ0n) is 17.8. The molecule has 2 aromatic carbocycles. The molecule has 0 aliphatic heterocycles. The third-order valence-corrected chi connectivity index (χ3v) is 8.70. The molecule has 4 saturated carbocycles. The van der Waals surface area contributed by atoms with Gasteiger partial charge in [-0.25, -0.2) is 4.68 Å². The van der Waals surface area contributed by atoms with Gasteiger partial charge >= 0.3 is 0 Å². The van der Waals surface area contributed by atoms with Crippen LogP contribution >= 0.6 is 35.4 Å². The lowest BCUT2D eigenvalue weighted by Gasteiger charge is -2.56. The molecule has 7 heteroatoms. The van der Waals surface area contributed by atoms with E-state index in [9.17, 15) is 0 Å². The number of nitrogens with zero attached hydrogens (tertiary/aromatic N) is 3. The van der Waals surface area contributed by atoms with E-state index >= 15 is 0 Å². The molecule has 0 radical (unpaired) electrons. The van der Waals surface area contributed by atoms with Crippen LogP contribution in [0.1, 0.15) is 44.3 Å². The number of rotatable bonds is 5. The summed E-state index contributed by atoms with van der Waals surface area (Å²) < 4.78 is 4.83. The highest BCUT2D eigenvalue weighted by Crippen LogP contribution is 2.60. The molecular weight excluding hydrogens is 459 g/mol. The number of benzene rings is 2. The minimum absolute atomic E-state index is 0.123. The number of hydrogen-bond acceptors (Lipinski definition) is 3. The first kappa shape index (κ1) is 20.8. The van der Waals surface area contributed by atoms with Crippen molar-refractivity contribution < 1.29 is 0 Å². The monoisotopic (exact) mass is 484 g/mol. The Morgan fingerprint density at radius 1 is 0.938 bits per heavy atom. The van der Waals surface area contributed by atoms with Gasteiger partial charge in [-0.1, -0.05) is 35.3 Å². The van der Waals surface area contributed by atoms with Crippen molar-refractivity contribution in [3.05, 3.63) is 69.2 Å². The topological polar surface area (TPSA) is 34.8 Å². The predicted octanol–water partition coefficient (Wildman–Crippen LogP) is 7.25. The average Bonchev–Trinajstić information content (AvgIpc) is 3.10. The molecule has 1 N–H and O–H groups in total. The Labute approximate surface area is 203 Å².